The summed E-state index contributed by atoms with van der Waals surface area (Å²) in [5.74, 6) is 0.857. The number of hydrogen-bond donors (Lipinski definition) is 0. The van der Waals surface area contributed by atoms with Crippen LogP contribution in [0.1, 0.15) is 18.4 Å². The fraction of sp³-hybridized carbons (Fsp3) is 0.722. The molecular formula is C18H25FN2O3. The van der Waals surface area contributed by atoms with Gasteiger partial charge < -0.3 is 14.1 Å². The molecular weight excluding hydrogens is 311 g/mol. The average molecular weight is 336 g/mol. The molecule has 0 radical (unpaired) electrons. The van der Waals surface area contributed by atoms with Crippen molar-refractivity contribution in [3.63, 3.8) is 0 Å². The zero-order chi connectivity index (χ0) is 16.5. The van der Waals surface area contributed by atoms with Crippen LogP contribution in [0, 0.1) is 17.8 Å². The van der Waals surface area contributed by atoms with Gasteiger partial charge in [-0.2, -0.15) is 0 Å². The number of nitrogens with zero attached hydrogens (tertiary/aromatic N) is 2. The first-order valence-electron chi connectivity index (χ1n) is 8.94. The summed E-state index contributed by atoms with van der Waals surface area (Å²) < 4.78 is 24.2. The van der Waals surface area contributed by atoms with E-state index >= 15 is 0 Å². The molecule has 3 saturated heterocycles. The van der Waals surface area contributed by atoms with Crippen LogP contribution in [-0.4, -0.2) is 61.3 Å². The molecule has 1 amide bonds. The lowest BCUT2D eigenvalue weighted by Gasteiger charge is -2.37. The van der Waals surface area contributed by atoms with E-state index in [1.807, 2.05) is 11.0 Å². The molecule has 0 aliphatic carbocycles. The van der Waals surface area contributed by atoms with Crippen LogP contribution in [0.3, 0.4) is 0 Å². The van der Waals surface area contributed by atoms with E-state index in [4.69, 9.17) is 9.15 Å². The van der Waals surface area contributed by atoms with Gasteiger partial charge in [-0.3, -0.25) is 9.69 Å². The quantitative estimate of drug-likeness (QED) is 0.846. The fourth-order valence-electron chi connectivity index (χ4n) is 4.42. The number of furan rings is 1. The Hall–Kier alpha value is -1.40. The summed E-state index contributed by atoms with van der Waals surface area (Å²) >= 11 is 0. The third-order valence-electron chi connectivity index (χ3n) is 5.75. The average Bonchev–Trinajstić information content (AvgIpc) is 3.24. The lowest BCUT2D eigenvalue weighted by Crippen LogP contribution is -2.48. The maximum Gasteiger partial charge on any atom is 0.228 e. The van der Waals surface area contributed by atoms with Gasteiger partial charge >= 0.3 is 0 Å². The highest BCUT2D eigenvalue weighted by Crippen LogP contribution is 2.36. The van der Waals surface area contributed by atoms with Crippen molar-refractivity contribution in [3.05, 3.63) is 24.2 Å². The molecule has 0 spiro atoms. The molecule has 0 bridgehead atoms. The molecule has 0 unspecified atom stereocenters. The molecule has 1 aromatic heterocycles. The van der Waals surface area contributed by atoms with E-state index in [1.54, 1.807) is 12.5 Å². The monoisotopic (exact) mass is 336 g/mol. The van der Waals surface area contributed by atoms with Crippen LogP contribution in [0.5, 0.6) is 0 Å². The van der Waals surface area contributed by atoms with E-state index < -0.39 is 6.17 Å². The second-order valence-electron chi connectivity index (χ2n) is 7.39. The number of ether oxygens (including phenoxy) is 1. The van der Waals surface area contributed by atoms with E-state index in [2.05, 4.69) is 4.90 Å². The maximum atomic E-state index is 13.3. The predicted octanol–water partition coefficient (Wildman–Crippen LogP) is 1.93. The minimum Gasteiger partial charge on any atom is -0.472 e. The van der Waals surface area contributed by atoms with Crippen molar-refractivity contribution in [1.82, 2.24) is 9.80 Å². The van der Waals surface area contributed by atoms with Crippen molar-refractivity contribution in [2.75, 3.05) is 39.4 Å². The second kappa shape index (κ2) is 6.84. The number of halogens is 1. The third kappa shape index (κ3) is 3.22. The first kappa shape index (κ1) is 16.1. The lowest BCUT2D eigenvalue weighted by atomic mass is 9.81. The van der Waals surface area contributed by atoms with Crippen LogP contribution < -0.4 is 0 Å². The number of hydrogen-bond acceptors (Lipinski definition) is 4. The topological polar surface area (TPSA) is 45.9 Å². The number of rotatable bonds is 3. The summed E-state index contributed by atoms with van der Waals surface area (Å²) in [4.78, 5) is 17.2. The molecule has 6 heteroatoms. The third-order valence-corrected chi connectivity index (χ3v) is 5.75. The Balaban J connectivity index is 1.40. The van der Waals surface area contributed by atoms with Gasteiger partial charge in [0, 0.05) is 38.3 Å². The van der Waals surface area contributed by atoms with Gasteiger partial charge in [-0.25, -0.2) is 4.39 Å². The Morgan fingerprint density at radius 3 is 2.83 bits per heavy atom. The van der Waals surface area contributed by atoms with Crippen LogP contribution in [0.4, 0.5) is 4.39 Å². The molecule has 0 aromatic carbocycles. The van der Waals surface area contributed by atoms with E-state index in [1.165, 1.54) is 5.56 Å². The minimum absolute atomic E-state index is 0.0748. The maximum absolute atomic E-state index is 13.3. The Morgan fingerprint density at radius 2 is 2.08 bits per heavy atom. The molecule has 1 aromatic rings. The summed E-state index contributed by atoms with van der Waals surface area (Å²) in [6.45, 7) is 5.09. The Kier molecular flexibility index (Phi) is 4.59. The molecule has 4 heterocycles. The highest BCUT2D eigenvalue weighted by molar-refractivity contribution is 5.79. The number of carbonyl (C=O) groups excluding carboxylic acids is 1. The first-order valence-corrected chi connectivity index (χ1v) is 8.94. The standard InChI is InChI=1S/C18H25FN2O3/c19-15-1-4-21(5-2-15)18(22)17-12-24-11-14-8-20(9-16(14)17)7-13-3-6-23-10-13/h3,6,10,14-17H,1-2,4-5,7-9,11-12H2/t14-,16-,17+/m0/s1. The van der Waals surface area contributed by atoms with Gasteiger partial charge in [-0.15, -0.1) is 0 Å². The normalized spacial score (nSPS) is 32.0. The van der Waals surface area contributed by atoms with Crippen molar-refractivity contribution >= 4 is 5.91 Å². The highest BCUT2D eigenvalue weighted by Gasteiger charge is 2.45. The zero-order valence-electron chi connectivity index (χ0n) is 13.9. The summed E-state index contributed by atoms with van der Waals surface area (Å²) in [5, 5.41) is 0. The van der Waals surface area contributed by atoms with Gasteiger partial charge in [0.2, 0.25) is 5.91 Å². The lowest BCUT2D eigenvalue weighted by molar-refractivity contribution is -0.145. The van der Waals surface area contributed by atoms with Gasteiger partial charge in [0.1, 0.15) is 6.17 Å². The summed E-state index contributed by atoms with van der Waals surface area (Å²) in [5.41, 5.74) is 1.17. The number of alkyl halides is 1. The van der Waals surface area contributed by atoms with Gasteiger partial charge in [-0.1, -0.05) is 0 Å². The van der Waals surface area contributed by atoms with Crippen LogP contribution in [0.2, 0.25) is 0 Å². The number of piperidine rings is 1. The van der Waals surface area contributed by atoms with Crippen molar-refractivity contribution in [1.29, 1.82) is 0 Å². The number of likely N-dealkylation sites (tertiary alicyclic amines) is 2. The number of carbonyl (C=O) groups is 1. The first-order chi connectivity index (χ1) is 11.7. The van der Waals surface area contributed by atoms with Crippen LogP contribution in [0.25, 0.3) is 0 Å². The van der Waals surface area contributed by atoms with Crippen molar-refractivity contribution in [3.8, 4) is 0 Å². The smallest absolute Gasteiger partial charge is 0.228 e. The van der Waals surface area contributed by atoms with E-state index in [-0.39, 0.29) is 11.8 Å². The Morgan fingerprint density at radius 1 is 1.25 bits per heavy atom. The summed E-state index contributed by atoms with van der Waals surface area (Å²) in [7, 11) is 0. The number of fused-ring (bicyclic) bond motifs is 1. The second-order valence-corrected chi connectivity index (χ2v) is 7.39. The molecule has 3 atom stereocenters. The molecule has 3 fully saturated rings. The van der Waals surface area contributed by atoms with Gasteiger partial charge in [0.25, 0.3) is 0 Å². The predicted molar refractivity (Wildman–Crippen MR) is 86.0 cm³/mol. The van der Waals surface area contributed by atoms with Gasteiger partial charge in [-0.05, 0) is 30.7 Å². The minimum atomic E-state index is -0.749. The Bertz CT molecular complexity index is 557. The molecule has 132 valence electrons. The summed E-state index contributed by atoms with van der Waals surface area (Å²) in [6.07, 6.45) is 3.67. The molecule has 0 N–H and O–H groups in total. The van der Waals surface area contributed by atoms with E-state index in [9.17, 15) is 9.18 Å². The molecule has 4 rings (SSSR count). The molecule has 24 heavy (non-hydrogen) atoms. The Labute approximate surface area is 141 Å². The van der Waals surface area contributed by atoms with Gasteiger partial charge in [0.05, 0.1) is 31.7 Å². The van der Waals surface area contributed by atoms with E-state index in [0.29, 0.717) is 44.4 Å². The SMILES string of the molecule is O=C([C@@H]1COC[C@@H]2CN(Cc3ccoc3)C[C@@H]21)N1CCC(F)CC1. The molecule has 0 saturated carbocycles. The van der Waals surface area contributed by atoms with Crippen LogP contribution in [0.15, 0.2) is 23.0 Å². The summed E-state index contributed by atoms with van der Waals surface area (Å²) in [6, 6.07) is 1.99. The molecule has 3 aliphatic rings. The molecule has 5 nitrogen and oxygen atoms in total. The fourth-order valence-corrected chi connectivity index (χ4v) is 4.42. The van der Waals surface area contributed by atoms with Crippen LogP contribution in [-0.2, 0) is 16.1 Å². The largest absolute Gasteiger partial charge is 0.472 e. The number of amides is 1. The van der Waals surface area contributed by atoms with Crippen molar-refractivity contribution < 1.29 is 18.3 Å². The van der Waals surface area contributed by atoms with Crippen molar-refractivity contribution in [2.45, 2.75) is 25.6 Å². The highest BCUT2D eigenvalue weighted by atomic mass is 19.1. The molecule has 3 aliphatic heterocycles. The van der Waals surface area contributed by atoms with Gasteiger partial charge in [0.15, 0.2) is 0 Å². The zero-order valence-corrected chi connectivity index (χ0v) is 13.9. The van der Waals surface area contributed by atoms with Crippen LogP contribution >= 0.6 is 0 Å². The van der Waals surface area contributed by atoms with E-state index in [0.717, 1.165) is 26.2 Å². The van der Waals surface area contributed by atoms with Crippen molar-refractivity contribution in [2.24, 2.45) is 17.8 Å².